The monoisotopic (exact) mass is 386 g/mol. The lowest BCUT2D eigenvalue weighted by molar-refractivity contribution is 0.0962. The molecule has 2 aromatic rings. The summed E-state index contributed by atoms with van der Waals surface area (Å²) >= 11 is 0. The first-order valence-corrected chi connectivity index (χ1v) is 10.8. The number of hydrogen-bond donors (Lipinski definition) is 2. The molecule has 0 heterocycles. The van der Waals surface area contributed by atoms with E-state index in [-0.39, 0.29) is 10.8 Å². The second-order valence-corrected chi connectivity index (χ2v) is 8.75. The highest BCUT2D eigenvalue weighted by molar-refractivity contribution is 7.92. The molecule has 27 heavy (non-hydrogen) atoms. The van der Waals surface area contributed by atoms with Crippen LogP contribution in [0.3, 0.4) is 0 Å². The predicted octanol–water partition coefficient (Wildman–Crippen LogP) is 4.20. The lowest BCUT2D eigenvalue weighted by Gasteiger charge is -2.22. The van der Waals surface area contributed by atoms with Crippen molar-refractivity contribution < 1.29 is 13.2 Å². The fourth-order valence-corrected chi connectivity index (χ4v) is 4.81. The second-order valence-electron chi connectivity index (χ2n) is 7.07. The molecule has 1 amide bonds. The van der Waals surface area contributed by atoms with Crippen LogP contribution in [0.1, 0.15) is 59.5 Å². The van der Waals surface area contributed by atoms with Crippen LogP contribution in [0.2, 0.25) is 0 Å². The van der Waals surface area contributed by atoms with E-state index in [1.54, 1.807) is 44.3 Å². The van der Waals surface area contributed by atoms with Crippen molar-refractivity contribution in [3.8, 4) is 0 Å². The summed E-state index contributed by atoms with van der Waals surface area (Å²) in [6.07, 6.45) is 6.13. The highest BCUT2D eigenvalue weighted by Gasteiger charge is 2.20. The number of carbonyl (C=O) groups is 1. The van der Waals surface area contributed by atoms with Gasteiger partial charge in [0.15, 0.2) is 0 Å². The van der Waals surface area contributed by atoms with Gasteiger partial charge in [-0.25, -0.2) is 8.42 Å². The van der Waals surface area contributed by atoms with Crippen molar-refractivity contribution in [2.24, 2.45) is 0 Å². The highest BCUT2D eigenvalue weighted by atomic mass is 32.2. The maximum absolute atomic E-state index is 12.8. The van der Waals surface area contributed by atoms with Crippen molar-refractivity contribution in [3.05, 3.63) is 59.2 Å². The summed E-state index contributed by atoms with van der Waals surface area (Å²) < 4.78 is 28.2. The van der Waals surface area contributed by atoms with Crippen molar-refractivity contribution in [1.29, 1.82) is 0 Å². The van der Waals surface area contributed by atoms with E-state index >= 15 is 0 Å². The topological polar surface area (TPSA) is 75.3 Å². The predicted molar refractivity (Wildman–Crippen MR) is 108 cm³/mol. The fraction of sp³-hybridized carbons (Fsp3) is 0.381. The van der Waals surface area contributed by atoms with Crippen molar-refractivity contribution in [2.75, 3.05) is 11.8 Å². The van der Waals surface area contributed by atoms with Gasteiger partial charge in [-0.1, -0.05) is 37.5 Å². The molecule has 1 fully saturated rings. The summed E-state index contributed by atoms with van der Waals surface area (Å²) in [5.41, 5.74) is 2.67. The Balaban J connectivity index is 1.82. The zero-order valence-corrected chi connectivity index (χ0v) is 16.6. The van der Waals surface area contributed by atoms with Crippen molar-refractivity contribution in [3.63, 3.8) is 0 Å². The molecule has 6 heteroatoms. The van der Waals surface area contributed by atoms with Crippen LogP contribution < -0.4 is 10.0 Å². The third-order valence-electron chi connectivity index (χ3n) is 5.32. The number of hydrogen-bond acceptors (Lipinski definition) is 3. The second kappa shape index (κ2) is 8.13. The van der Waals surface area contributed by atoms with Crippen LogP contribution in [0, 0.1) is 6.92 Å². The van der Waals surface area contributed by atoms with Gasteiger partial charge >= 0.3 is 0 Å². The Hall–Kier alpha value is -2.34. The van der Waals surface area contributed by atoms with E-state index in [1.165, 1.54) is 37.7 Å². The third-order valence-corrected chi connectivity index (χ3v) is 6.70. The molecular weight excluding hydrogens is 360 g/mol. The van der Waals surface area contributed by atoms with Gasteiger partial charge in [0.25, 0.3) is 15.9 Å². The molecule has 0 spiro atoms. The van der Waals surface area contributed by atoms with Crippen LogP contribution in [-0.4, -0.2) is 21.4 Å². The van der Waals surface area contributed by atoms with Gasteiger partial charge in [-0.2, -0.15) is 0 Å². The Kier molecular flexibility index (Phi) is 5.85. The average Bonchev–Trinajstić information content (AvgIpc) is 2.69. The van der Waals surface area contributed by atoms with E-state index in [0.29, 0.717) is 22.7 Å². The molecule has 0 bridgehead atoms. The zero-order valence-electron chi connectivity index (χ0n) is 15.8. The molecule has 0 aliphatic heterocycles. The Labute approximate surface area is 161 Å². The minimum Gasteiger partial charge on any atom is -0.355 e. The molecule has 0 atom stereocenters. The molecule has 0 radical (unpaired) electrons. The average molecular weight is 387 g/mol. The Morgan fingerprint density at radius 2 is 1.67 bits per heavy atom. The number of rotatable bonds is 5. The number of nitrogens with one attached hydrogen (secondary N) is 2. The normalized spacial score (nSPS) is 15.3. The smallest absolute Gasteiger partial charge is 0.261 e. The van der Waals surface area contributed by atoms with E-state index in [2.05, 4.69) is 10.0 Å². The molecule has 0 unspecified atom stereocenters. The van der Waals surface area contributed by atoms with Crippen LogP contribution in [0.4, 0.5) is 5.69 Å². The summed E-state index contributed by atoms with van der Waals surface area (Å²) in [5, 5.41) is 2.57. The van der Waals surface area contributed by atoms with Crippen LogP contribution in [0.15, 0.2) is 47.4 Å². The Morgan fingerprint density at radius 3 is 2.30 bits per heavy atom. The minimum atomic E-state index is -3.71. The van der Waals surface area contributed by atoms with Gasteiger partial charge in [0.2, 0.25) is 0 Å². The summed E-state index contributed by atoms with van der Waals surface area (Å²) in [7, 11) is -2.17. The van der Waals surface area contributed by atoms with Gasteiger partial charge in [-0.15, -0.1) is 0 Å². The molecule has 144 valence electrons. The molecule has 0 saturated heterocycles. The van der Waals surface area contributed by atoms with E-state index in [4.69, 9.17) is 0 Å². The Morgan fingerprint density at radius 1 is 1.00 bits per heavy atom. The lowest BCUT2D eigenvalue weighted by atomic mass is 9.84. The standard InChI is InChI=1S/C21H26N2O3S/c1-15-19(21(24)22-2)9-6-10-20(15)23-27(25,26)18-13-11-17(12-14-18)16-7-4-3-5-8-16/h6,9-14,16,23H,3-5,7-8H2,1-2H3,(H,22,24). The summed E-state index contributed by atoms with van der Waals surface area (Å²) in [4.78, 5) is 12.2. The summed E-state index contributed by atoms with van der Waals surface area (Å²) in [6, 6.07) is 12.2. The maximum atomic E-state index is 12.8. The maximum Gasteiger partial charge on any atom is 0.261 e. The van der Waals surface area contributed by atoms with E-state index in [0.717, 1.165) is 0 Å². The highest BCUT2D eigenvalue weighted by Crippen LogP contribution is 2.33. The molecule has 1 aliphatic carbocycles. The van der Waals surface area contributed by atoms with Crippen molar-refractivity contribution in [2.45, 2.75) is 49.8 Å². The van der Waals surface area contributed by atoms with Gasteiger partial charge in [-0.3, -0.25) is 9.52 Å². The summed E-state index contributed by atoms with van der Waals surface area (Å²) in [5.74, 6) is 0.292. The Bertz CT molecular complexity index is 915. The molecule has 3 rings (SSSR count). The molecular formula is C21H26N2O3S. The summed E-state index contributed by atoms with van der Waals surface area (Å²) in [6.45, 7) is 1.73. The van der Waals surface area contributed by atoms with Crippen LogP contribution in [0.5, 0.6) is 0 Å². The quantitative estimate of drug-likeness (QED) is 0.808. The number of carbonyl (C=O) groups excluding carboxylic acids is 1. The first-order valence-electron chi connectivity index (χ1n) is 9.37. The van der Waals surface area contributed by atoms with Gasteiger partial charge in [0.05, 0.1) is 10.6 Å². The van der Waals surface area contributed by atoms with Gasteiger partial charge in [-0.05, 0) is 61.1 Å². The van der Waals surface area contributed by atoms with Crippen LogP contribution in [-0.2, 0) is 10.0 Å². The zero-order chi connectivity index (χ0) is 19.4. The van der Waals surface area contributed by atoms with Crippen LogP contribution >= 0.6 is 0 Å². The van der Waals surface area contributed by atoms with E-state index in [1.807, 2.05) is 12.1 Å². The molecule has 1 saturated carbocycles. The molecule has 1 aliphatic rings. The van der Waals surface area contributed by atoms with Gasteiger partial charge in [0, 0.05) is 12.6 Å². The molecule has 5 nitrogen and oxygen atoms in total. The number of anilines is 1. The fourth-order valence-electron chi connectivity index (χ4n) is 3.69. The number of amides is 1. The first-order chi connectivity index (χ1) is 12.9. The molecule has 0 aromatic heterocycles. The van der Waals surface area contributed by atoms with Crippen molar-refractivity contribution in [1.82, 2.24) is 5.32 Å². The van der Waals surface area contributed by atoms with E-state index in [9.17, 15) is 13.2 Å². The number of benzene rings is 2. The van der Waals surface area contributed by atoms with Gasteiger partial charge in [0.1, 0.15) is 0 Å². The minimum absolute atomic E-state index is 0.229. The number of sulfonamides is 1. The lowest BCUT2D eigenvalue weighted by Crippen LogP contribution is -2.20. The van der Waals surface area contributed by atoms with Gasteiger partial charge < -0.3 is 5.32 Å². The van der Waals surface area contributed by atoms with Crippen LogP contribution in [0.25, 0.3) is 0 Å². The van der Waals surface area contributed by atoms with Crippen molar-refractivity contribution >= 4 is 21.6 Å². The molecule has 2 aromatic carbocycles. The largest absolute Gasteiger partial charge is 0.355 e. The molecule has 2 N–H and O–H groups in total. The van der Waals surface area contributed by atoms with E-state index < -0.39 is 10.0 Å². The third kappa shape index (κ3) is 4.33. The first kappa shape index (κ1) is 19.4. The SMILES string of the molecule is CNC(=O)c1cccc(NS(=O)(=O)c2ccc(C3CCCCC3)cc2)c1C.